The summed E-state index contributed by atoms with van der Waals surface area (Å²) in [5, 5.41) is 0. The predicted octanol–water partition coefficient (Wildman–Crippen LogP) is 4.39. The first-order valence-corrected chi connectivity index (χ1v) is 11.7. The van der Waals surface area contributed by atoms with Gasteiger partial charge in [-0.3, -0.25) is 9.78 Å². The normalized spacial score (nSPS) is 18.8. The maximum Gasteiger partial charge on any atom is 0.230 e. The molecular formula is C28H33N3O3. The van der Waals surface area contributed by atoms with E-state index in [-0.39, 0.29) is 29.9 Å². The molecule has 1 saturated carbocycles. The van der Waals surface area contributed by atoms with Gasteiger partial charge in [-0.1, -0.05) is 42.5 Å². The number of carbonyl (C=O) groups excluding carboxylic acids is 1. The summed E-state index contributed by atoms with van der Waals surface area (Å²) in [5.41, 5.74) is 11.5. The molecule has 3 aromatic rings. The molecule has 0 aliphatic heterocycles. The van der Waals surface area contributed by atoms with Gasteiger partial charge in [0.1, 0.15) is 0 Å². The maximum absolute atomic E-state index is 13.6. The van der Waals surface area contributed by atoms with E-state index in [4.69, 9.17) is 15.2 Å². The second kappa shape index (κ2) is 10.9. The van der Waals surface area contributed by atoms with Crippen LogP contribution < -0.4 is 10.6 Å². The Kier molecular flexibility index (Phi) is 7.73. The molecule has 0 bridgehead atoms. The highest BCUT2D eigenvalue weighted by Gasteiger charge is 2.47. The van der Waals surface area contributed by atoms with Crippen LogP contribution in [0, 0.1) is 5.92 Å². The van der Waals surface area contributed by atoms with Gasteiger partial charge in [-0.15, -0.1) is 0 Å². The van der Waals surface area contributed by atoms with E-state index in [1.807, 2.05) is 42.2 Å². The van der Waals surface area contributed by atoms with Crippen molar-refractivity contribution >= 4 is 11.6 Å². The number of rotatable bonds is 10. The number of hydrogen-bond acceptors (Lipinski definition) is 5. The molecule has 0 spiro atoms. The van der Waals surface area contributed by atoms with Crippen LogP contribution in [0.15, 0.2) is 72.9 Å². The van der Waals surface area contributed by atoms with Crippen LogP contribution in [0.5, 0.6) is 0 Å². The van der Waals surface area contributed by atoms with Crippen LogP contribution in [-0.2, 0) is 20.9 Å². The molecular weight excluding hydrogens is 426 g/mol. The van der Waals surface area contributed by atoms with E-state index in [1.165, 1.54) is 0 Å². The van der Waals surface area contributed by atoms with E-state index >= 15 is 0 Å². The van der Waals surface area contributed by atoms with E-state index in [1.54, 1.807) is 20.4 Å². The second-order valence-corrected chi connectivity index (χ2v) is 8.93. The second-order valence-electron chi connectivity index (χ2n) is 8.93. The molecule has 4 rings (SSSR count). The van der Waals surface area contributed by atoms with E-state index in [2.05, 4.69) is 41.4 Å². The summed E-state index contributed by atoms with van der Waals surface area (Å²) in [6, 6.07) is 22.0. The standard InChI is InChI=1S/C28H33N3O3/c1-19(34-3)26(29)17-31(28(32)25-16-24(25)27-6-4-5-15-30-27)23-13-11-22(12-14-23)21-9-7-20(8-10-21)18-33-2/h4-15,19,24-26H,16-18,29H2,1-3H3. The zero-order valence-electron chi connectivity index (χ0n) is 20.1. The van der Waals surface area contributed by atoms with Crippen molar-refractivity contribution in [3.05, 3.63) is 84.2 Å². The van der Waals surface area contributed by atoms with E-state index in [9.17, 15) is 4.79 Å². The molecule has 2 N–H and O–H groups in total. The molecule has 1 aliphatic carbocycles. The van der Waals surface area contributed by atoms with Crippen LogP contribution in [0.25, 0.3) is 11.1 Å². The summed E-state index contributed by atoms with van der Waals surface area (Å²) in [6.45, 7) is 2.92. The fourth-order valence-electron chi connectivity index (χ4n) is 4.24. The zero-order chi connectivity index (χ0) is 24.1. The van der Waals surface area contributed by atoms with Crippen LogP contribution in [-0.4, -0.2) is 43.8 Å². The number of aromatic nitrogens is 1. The van der Waals surface area contributed by atoms with Crippen molar-refractivity contribution in [1.82, 2.24) is 4.98 Å². The zero-order valence-corrected chi connectivity index (χ0v) is 20.1. The summed E-state index contributed by atoms with van der Waals surface area (Å²) in [5.74, 6) is 0.177. The average molecular weight is 460 g/mol. The molecule has 1 aliphatic rings. The number of nitrogens with zero attached hydrogens (tertiary/aromatic N) is 2. The van der Waals surface area contributed by atoms with Gasteiger partial charge in [-0.05, 0) is 54.3 Å². The molecule has 2 aromatic carbocycles. The molecule has 4 atom stereocenters. The molecule has 6 nitrogen and oxygen atoms in total. The van der Waals surface area contributed by atoms with Gasteiger partial charge in [-0.25, -0.2) is 0 Å². The molecule has 1 amide bonds. The molecule has 4 unspecified atom stereocenters. The minimum absolute atomic E-state index is 0.0760. The Bertz CT molecular complexity index is 1070. The van der Waals surface area contributed by atoms with Gasteiger partial charge >= 0.3 is 0 Å². The summed E-state index contributed by atoms with van der Waals surface area (Å²) in [7, 11) is 3.33. The smallest absolute Gasteiger partial charge is 0.230 e. The fourth-order valence-corrected chi connectivity index (χ4v) is 4.24. The summed E-state index contributed by atoms with van der Waals surface area (Å²) < 4.78 is 10.6. The van der Waals surface area contributed by atoms with Crippen molar-refractivity contribution in [2.24, 2.45) is 11.7 Å². The molecule has 1 fully saturated rings. The Morgan fingerprint density at radius 2 is 1.74 bits per heavy atom. The lowest BCUT2D eigenvalue weighted by Gasteiger charge is -2.29. The fraction of sp³-hybridized carbons (Fsp3) is 0.357. The topological polar surface area (TPSA) is 77.7 Å². The number of nitrogens with two attached hydrogens (primary N) is 1. The number of hydrogen-bond donors (Lipinski definition) is 1. The Morgan fingerprint density at radius 1 is 1.06 bits per heavy atom. The number of carbonyl (C=O) groups is 1. The highest BCUT2D eigenvalue weighted by molar-refractivity contribution is 5.97. The summed E-state index contributed by atoms with van der Waals surface area (Å²) in [6.07, 6.45) is 2.43. The number of benzene rings is 2. The van der Waals surface area contributed by atoms with Crippen molar-refractivity contribution in [2.75, 3.05) is 25.7 Å². The molecule has 178 valence electrons. The number of pyridine rings is 1. The Labute approximate surface area is 201 Å². The highest BCUT2D eigenvalue weighted by atomic mass is 16.5. The SMILES string of the molecule is COCc1ccc(-c2ccc(N(CC(N)C(C)OC)C(=O)C3CC3c3ccccn3)cc2)cc1. The van der Waals surface area contributed by atoms with E-state index in [0.29, 0.717) is 13.2 Å². The van der Waals surface area contributed by atoms with Crippen molar-refractivity contribution in [2.45, 2.75) is 38.0 Å². The third-order valence-corrected chi connectivity index (χ3v) is 6.59. The van der Waals surface area contributed by atoms with Crippen molar-refractivity contribution in [1.29, 1.82) is 0 Å². The van der Waals surface area contributed by atoms with Gasteiger partial charge in [0, 0.05) is 56.2 Å². The molecule has 0 saturated heterocycles. The predicted molar refractivity (Wildman–Crippen MR) is 134 cm³/mol. The van der Waals surface area contributed by atoms with Crippen molar-refractivity contribution in [3.8, 4) is 11.1 Å². The van der Waals surface area contributed by atoms with E-state index in [0.717, 1.165) is 34.5 Å². The molecule has 1 heterocycles. The lowest BCUT2D eigenvalue weighted by molar-refractivity contribution is -0.120. The first kappa shape index (κ1) is 24.1. The van der Waals surface area contributed by atoms with E-state index < -0.39 is 0 Å². The molecule has 34 heavy (non-hydrogen) atoms. The van der Waals surface area contributed by atoms with Gasteiger partial charge in [0.15, 0.2) is 0 Å². The van der Waals surface area contributed by atoms with Crippen molar-refractivity contribution < 1.29 is 14.3 Å². The maximum atomic E-state index is 13.6. The largest absolute Gasteiger partial charge is 0.380 e. The van der Waals surface area contributed by atoms with Crippen LogP contribution in [0.2, 0.25) is 0 Å². The first-order chi connectivity index (χ1) is 16.5. The summed E-state index contributed by atoms with van der Waals surface area (Å²) in [4.78, 5) is 19.8. The lowest BCUT2D eigenvalue weighted by Crippen LogP contribution is -2.47. The van der Waals surface area contributed by atoms with Crippen LogP contribution in [0.1, 0.15) is 30.5 Å². The number of amides is 1. The minimum atomic E-state index is -0.297. The Morgan fingerprint density at radius 3 is 2.32 bits per heavy atom. The van der Waals surface area contributed by atoms with Crippen LogP contribution in [0.3, 0.4) is 0 Å². The summed E-state index contributed by atoms with van der Waals surface area (Å²) >= 11 is 0. The average Bonchev–Trinajstić information content (AvgIpc) is 3.69. The third kappa shape index (κ3) is 5.53. The molecule has 0 radical (unpaired) electrons. The van der Waals surface area contributed by atoms with Gasteiger partial charge in [0.2, 0.25) is 5.91 Å². The number of anilines is 1. The van der Waals surface area contributed by atoms with Crippen LogP contribution >= 0.6 is 0 Å². The van der Waals surface area contributed by atoms with Gasteiger partial charge in [0.25, 0.3) is 0 Å². The Balaban J connectivity index is 1.54. The van der Waals surface area contributed by atoms with Gasteiger partial charge in [-0.2, -0.15) is 0 Å². The number of ether oxygens (including phenoxy) is 2. The third-order valence-electron chi connectivity index (χ3n) is 6.59. The quantitative estimate of drug-likeness (QED) is 0.486. The first-order valence-electron chi connectivity index (χ1n) is 11.7. The highest BCUT2D eigenvalue weighted by Crippen LogP contribution is 2.48. The number of methoxy groups -OCH3 is 2. The minimum Gasteiger partial charge on any atom is -0.380 e. The monoisotopic (exact) mass is 459 g/mol. The van der Waals surface area contributed by atoms with Crippen LogP contribution in [0.4, 0.5) is 5.69 Å². The van der Waals surface area contributed by atoms with Crippen molar-refractivity contribution in [3.63, 3.8) is 0 Å². The van der Waals surface area contributed by atoms with Gasteiger partial charge in [0.05, 0.1) is 12.7 Å². The molecule has 1 aromatic heterocycles. The van der Waals surface area contributed by atoms with Gasteiger partial charge < -0.3 is 20.1 Å². The molecule has 6 heteroatoms. The lowest BCUT2D eigenvalue weighted by atomic mass is 10.0. The Hall–Kier alpha value is -3.06.